The molecule has 1 fully saturated rings. The van der Waals surface area contributed by atoms with Crippen LogP contribution in [0.3, 0.4) is 0 Å². The van der Waals surface area contributed by atoms with Gasteiger partial charge in [0.05, 0.1) is 12.2 Å². The number of carbonyl (C=O) groups excluding carboxylic acids is 1. The number of amides is 1. The van der Waals surface area contributed by atoms with E-state index in [2.05, 4.69) is 29.4 Å². The number of nitrogens with zero attached hydrogens (tertiary/aromatic N) is 3. The molecule has 0 radical (unpaired) electrons. The predicted octanol–water partition coefficient (Wildman–Crippen LogP) is 3.78. The van der Waals surface area contributed by atoms with Crippen LogP contribution in [0.25, 0.3) is 11.3 Å². The minimum Gasteiger partial charge on any atom is -0.343 e. The molecular weight excluding hydrogens is 374 g/mol. The van der Waals surface area contributed by atoms with Crippen molar-refractivity contribution in [3.05, 3.63) is 88.7 Å². The maximum Gasteiger partial charge on any atom is 0.266 e. The van der Waals surface area contributed by atoms with Gasteiger partial charge in [0.25, 0.3) is 5.56 Å². The zero-order valence-electron chi connectivity index (χ0n) is 17.1. The molecule has 154 valence electrons. The fraction of sp³-hybridized carbons (Fsp3) is 0.320. The third-order valence-corrected chi connectivity index (χ3v) is 5.81. The fourth-order valence-electron chi connectivity index (χ4n) is 4.07. The van der Waals surface area contributed by atoms with Gasteiger partial charge >= 0.3 is 0 Å². The molecule has 1 saturated heterocycles. The van der Waals surface area contributed by atoms with E-state index in [4.69, 9.17) is 0 Å². The molecule has 1 aliphatic rings. The first-order valence-corrected chi connectivity index (χ1v) is 10.6. The third-order valence-electron chi connectivity index (χ3n) is 5.81. The smallest absolute Gasteiger partial charge is 0.266 e. The Morgan fingerprint density at radius 3 is 2.27 bits per heavy atom. The number of benzene rings is 2. The summed E-state index contributed by atoms with van der Waals surface area (Å²) in [4.78, 5) is 26.8. The van der Waals surface area contributed by atoms with Crippen molar-refractivity contribution in [2.45, 2.75) is 32.2 Å². The minimum absolute atomic E-state index is 0.104. The summed E-state index contributed by atoms with van der Waals surface area (Å²) in [5.74, 6) is 0.732. The normalized spacial score (nSPS) is 14.6. The van der Waals surface area contributed by atoms with Crippen molar-refractivity contribution in [2.75, 3.05) is 13.1 Å². The summed E-state index contributed by atoms with van der Waals surface area (Å²) in [7, 11) is 0. The highest BCUT2D eigenvalue weighted by molar-refractivity contribution is 5.76. The van der Waals surface area contributed by atoms with Gasteiger partial charge in [-0.1, -0.05) is 60.7 Å². The van der Waals surface area contributed by atoms with Crippen LogP contribution >= 0.6 is 0 Å². The summed E-state index contributed by atoms with van der Waals surface area (Å²) in [5.41, 5.74) is 2.89. The van der Waals surface area contributed by atoms with Crippen molar-refractivity contribution in [1.29, 1.82) is 0 Å². The van der Waals surface area contributed by atoms with Crippen molar-refractivity contribution in [3.8, 4) is 11.3 Å². The Balaban J connectivity index is 1.31. The van der Waals surface area contributed by atoms with E-state index < -0.39 is 0 Å². The highest BCUT2D eigenvalue weighted by Crippen LogP contribution is 2.22. The van der Waals surface area contributed by atoms with E-state index in [1.807, 2.05) is 41.3 Å². The Morgan fingerprint density at radius 2 is 1.57 bits per heavy atom. The summed E-state index contributed by atoms with van der Waals surface area (Å²) in [6, 6.07) is 23.5. The van der Waals surface area contributed by atoms with Gasteiger partial charge in [-0.25, -0.2) is 4.68 Å². The quantitative estimate of drug-likeness (QED) is 0.632. The predicted molar refractivity (Wildman–Crippen MR) is 118 cm³/mol. The van der Waals surface area contributed by atoms with Gasteiger partial charge in [-0.15, -0.1) is 0 Å². The van der Waals surface area contributed by atoms with Crippen molar-refractivity contribution in [2.24, 2.45) is 5.92 Å². The van der Waals surface area contributed by atoms with Crippen LogP contribution in [0.2, 0.25) is 0 Å². The number of piperidine rings is 1. The molecule has 1 aliphatic heterocycles. The summed E-state index contributed by atoms with van der Waals surface area (Å²) in [6.07, 6.45) is 3.44. The molecule has 0 bridgehead atoms. The lowest BCUT2D eigenvalue weighted by Crippen LogP contribution is -2.39. The molecule has 0 atom stereocenters. The van der Waals surface area contributed by atoms with Crippen LogP contribution in [-0.2, 0) is 17.8 Å². The Morgan fingerprint density at radius 1 is 0.900 bits per heavy atom. The van der Waals surface area contributed by atoms with E-state index in [1.54, 1.807) is 6.07 Å². The molecule has 4 rings (SSSR count). The van der Waals surface area contributed by atoms with Gasteiger partial charge in [0.15, 0.2) is 0 Å². The van der Waals surface area contributed by atoms with Crippen LogP contribution in [0, 0.1) is 5.92 Å². The second-order valence-corrected chi connectivity index (χ2v) is 7.91. The maximum absolute atomic E-state index is 12.7. The van der Waals surface area contributed by atoms with E-state index in [9.17, 15) is 9.59 Å². The Labute approximate surface area is 177 Å². The lowest BCUT2D eigenvalue weighted by molar-refractivity contribution is -0.132. The monoisotopic (exact) mass is 401 g/mol. The van der Waals surface area contributed by atoms with Crippen LogP contribution in [0.5, 0.6) is 0 Å². The first-order valence-electron chi connectivity index (χ1n) is 10.6. The molecule has 1 aromatic heterocycles. The molecule has 5 heteroatoms. The number of aromatic nitrogens is 2. The molecule has 30 heavy (non-hydrogen) atoms. The number of likely N-dealkylation sites (tertiary alicyclic amines) is 1. The first-order chi connectivity index (χ1) is 14.7. The maximum atomic E-state index is 12.7. The van der Waals surface area contributed by atoms with Crippen LogP contribution in [0.15, 0.2) is 77.6 Å². The average Bonchev–Trinajstić information content (AvgIpc) is 2.80. The molecule has 0 aliphatic carbocycles. The largest absolute Gasteiger partial charge is 0.343 e. The number of rotatable bonds is 6. The van der Waals surface area contributed by atoms with Gasteiger partial charge in [-0.3, -0.25) is 9.59 Å². The topological polar surface area (TPSA) is 55.2 Å². The lowest BCUT2D eigenvalue weighted by atomic mass is 9.90. The fourth-order valence-corrected chi connectivity index (χ4v) is 4.07. The molecule has 3 aromatic rings. The minimum atomic E-state index is -0.177. The van der Waals surface area contributed by atoms with Gasteiger partial charge in [0.2, 0.25) is 5.91 Å². The summed E-state index contributed by atoms with van der Waals surface area (Å²) in [6.45, 7) is 1.90. The van der Waals surface area contributed by atoms with Gasteiger partial charge < -0.3 is 4.90 Å². The van der Waals surface area contributed by atoms with Gasteiger partial charge in [-0.05, 0) is 36.8 Å². The van der Waals surface area contributed by atoms with E-state index in [-0.39, 0.29) is 11.5 Å². The molecule has 2 heterocycles. The molecule has 0 spiro atoms. The molecule has 0 saturated carbocycles. The number of aryl methyl sites for hydroxylation is 1. The molecule has 2 aromatic carbocycles. The third kappa shape index (κ3) is 5.03. The van der Waals surface area contributed by atoms with Crippen molar-refractivity contribution >= 4 is 5.91 Å². The van der Waals surface area contributed by atoms with Gasteiger partial charge in [-0.2, -0.15) is 5.10 Å². The van der Waals surface area contributed by atoms with Crippen LogP contribution in [0.4, 0.5) is 0 Å². The Bertz CT molecular complexity index is 1020. The molecular formula is C25H27N3O2. The zero-order chi connectivity index (χ0) is 20.8. The van der Waals surface area contributed by atoms with Crippen molar-refractivity contribution in [1.82, 2.24) is 14.7 Å². The molecule has 5 nitrogen and oxygen atoms in total. The van der Waals surface area contributed by atoms with Gasteiger partial charge in [0, 0.05) is 31.1 Å². The van der Waals surface area contributed by atoms with E-state index in [1.165, 1.54) is 16.3 Å². The molecule has 0 unspecified atom stereocenters. The highest BCUT2D eigenvalue weighted by Gasteiger charge is 2.23. The Kier molecular flexibility index (Phi) is 6.38. The Hall–Kier alpha value is -3.21. The average molecular weight is 402 g/mol. The van der Waals surface area contributed by atoms with Crippen molar-refractivity contribution in [3.63, 3.8) is 0 Å². The summed E-state index contributed by atoms with van der Waals surface area (Å²) in [5, 5.41) is 4.45. The van der Waals surface area contributed by atoms with Crippen LogP contribution in [-0.4, -0.2) is 33.7 Å². The van der Waals surface area contributed by atoms with E-state index in [0.717, 1.165) is 43.6 Å². The molecule has 1 amide bonds. The van der Waals surface area contributed by atoms with Crippen LogP contribution in [0.1, 0.15) is 24.8 Å². The number of carbonyl (C=O) groups is 1. The van der Waals surface area contributed by atoms with E-state index in [0.29, 0.717) is 18.9 Å². The number of hydrogen-bond acceptors (Lipinski definition) is 3. The summed E-state index contributed by atoms with van der Waals surface area (Å²) < 4.78 is 1.41. The first kappa shape index (κ1) is 20.1. The second-order valence-electron chi connectivity index (χ2n) is 7.91. The second kappa shape index (κ2) is 9.53. The summed E-state index contributed by atoms with van der Waals surface area (Å²) >= 11 is 0. The van der Waals surface area contributed by atoms with E-state index >= 15 is 0 Å². The standard InChI is InChI=1S/C25H27N3O2/c29-24(27-16-13-21(14-17-27)19-20-7-3-1-4-8-20)15-18-28-25(30)12-11-23(26-28)22-9-5-2-6-10-22/h1-12,21H,13-19H2. The van der Waals surface area contributed by atoms with Gasteiger partial charge in [0.1, 0.15) is 0 Å². The van der Waals surface area contributed by atoms with Crippen LogP contribution < -0.4 is 5.56 Å². The molecule has 0 N–H and O–H groups in total. The number of hydrogen-bond donors (Lipinski definition) is 0. The highest BCUT2D eigenvalue weighted by atomic mass is 16.2. The SMILES string of the molecule is O=C(CCn1nc(-c2ccccc2)ccc1=O)N1CCC(Cc2ccccc2)CC1. The zero-order valence-corrected chi connectivity index (χ0v) is 17.1. The van der Waals surface area contributed by atoms with Crippen molar-refractivity contribution < 1.29 is 4.79 Å². The lowest BCUT2D eigenvalue weighted by Gasteiger charge is -2.32.